The van der Waals surface area contributed by atoms with E-state index in [0.717, 1.165) is 32.5 Å². The normalized spacial score (nSPS) is 17.2. The highest BCUT2D eigenvalue weighted by Gasteiger charge is 2.22. The van der Waals surface area contributed by atoms with Crippen molar-refractivity contribution < 1.29 is 5.11 Å². The number of aliphatic hydroxyl groups excluding tert-OH is 1. The average molecular weight is 291 g/mol. The van der Waals surface area contributed by atoms with Crippen LogP contribution in [-0.2, 0) is 0 Å². The Morgan fingerprint density at radius 3 is 2.57 bits per heavy atom. The Kier molecular flexibility index (Phi) is 6.00. The van der Waals surface area contributed by atoms with Gasteiger partial charge in [0.1, 0.15) is 0 Å². The molecule has 0 bridgehead atoms. The highest BCUT2D eigenvalue weighted by molar-refractivity contribution is 5.44. The molecule has 0 atom stereocenters. The van der Waals surface area contributed by atoms with Gasteiger partial charge in [0.15, 0.2) is 0 Å². The van der Waals surface area contributed by atoms with Crippen molar-refractivity contribution >= 4 is 5.69 Å². The Balaban J connectivity index is 1.72. The van der Waals surface area contributed by atoms with E-state index in [-0.39, 0.29) is 5.41 Å². The summed E-state index contributed by atoms with van der Waals surface area (Å²) in [5.41, 5.74) is 1.55. The van der Waals surface area contributed by atoms with Gasteiger partial charge in [-0.15, -0.1) is 0 Å². The molecule has 4 heteroatoms. The maximum Gasteiger partial charge on any atom is 0.0431 e. The third kappa shape index (κ3) is 5.29. The number of anilines is 1. The van der Waals surface area contributed by atoms with E-state index in [0.29, 0.717) is 12.6 Å². The van der Waals surface area contributed by atoms with Gasteiger partial charge in [0.2, 0.25) is 0 Å². The molecule has 21 heavy (non-hydrogen) atoms. The maximum atomic E-state index is 8.95. The molecule has 1 saturated heterocycles. The first-order chi connectivity index (χ1) is 10.1. The van der Waals surface area contributed by atoms with E-state index in [4.69, 9.17) is 5.11 Å². The highest BCUT2D eigenvalue weighted by Crippen LogP contribution is 2.23. The fourth-order valence-corrected chi connectivity index (χ4v) is 2.96. The van der Waals surface area contributed by atoms with Gasteiger partial charge in [0.05, 0.1) is 0 Å². The lowest BCUT2D eigenvalue weighted by Crippen LogP contribution is -2.45. The van der Waals surface area contributed by atoms with Gasteiger partial charge in [-0.2, -0.15) is 0 Å². The first-order valence-corrected chi connectivity index (χ1v) is 8.10. The molecule has 0 amide bonds. The molecular weight excluding hydrogens is 262 g/mol. The topological polar surface area (TPSA) is 48.4 Å². The van der Waals surface area contributed by atoms with Gasteiger partial charge in [-0.05, 0) is 43.2 Å². The maximum absolute atomic E-state index is 8.95. The number of hydrogen-bond donors (Lipinski definition) is 2. The molecule has 1 aromatic heterocycles. The number of piperidine rings is 1. The Morgan fingerprint density at radius 1 is 1.29 bits per heavy atom. The van der Waals surface area contributed by atoms with Gasteiger partial charge in [-0.1, -0.05) is 13.8 Å². The quantitative estimate of drug-likeness (QED) is 0.810. The van der Waals surface area contributed by atoms with Crippen molar-refractivity contribution in [3.63, 3.8) is 0 Å². The predicted octanol–water partition coefficient (Wildman–Crippen LogP) is 2.44. The number of rotatable bonds is 7. The van der Waals surface area contributed by atoms with Crippen molar-refractivity contribution in [3.05, 3.63) is 24.5 Å². The molecule has 2 N–H and O–H groups in total. The van der Waals surface area contributed by atoms with Crippen LogP contribution < -0.4 is 10.2 Å². The summed E-state index contributed by atoms with van der Waals surface area (Å²) in [6, 6.07) is 4.80. The molecule has 0 radical (unpaired) electrons. The van der Waals surface area contributed by atoms with Crippen LogP contribution >= 0.6 is 0 Å². The molecule has 2 heterocycles. The molecule has 1 fully saturated rings. The van der Waals surface area contributed by atoms with E-state index >= 15 is 0 Å². The summed E-state index contributed by atoms with van der Waals surface area (Å²) in [7, 11) is 0. The summed E-state index contributed by atoms with van der Waals surface area (Å²) in [6.45, 7) is 8.11. The number of aliphatic hydroxyl groups is 1. The summed E-state index contributed by atoms with van der Waals surface area (Å²) < 4.78 is 0. The van der Waals surface area contributed by atoms with Crippen molar-refractivity contribution in [3.8, 4) is 0 Å². The lowest BCUT2D eigenvalue weighted by atomic mass is 9.87. The van der Waals surface area contributed by atoms with Gasteiger partial charge in [-0.25, -0.2) is 0 Å². The molecule has 2 rings (SSSR count). The van der Waals surface area contributed by atoms with E-state index in [1.807, 2.05) is 12.4 Å². The molecule has 0 aromatic carbocycles. The third-order valence-corrected chi connectivity index (χ3v) is 4.40. The monoisotopic (exact) mass is 291 g/mol. The van der Waals surface area contributed by atoms with Gasteiger partial charge in [-0.3, -0.25) is 4.98 Å². The number of nitrogens with one attached hydrogen (secondary N) is 1. The van der Waals surface area contributed by atoms with E-state index in [1.54, 1.807) is 0 Å². The van der Waals surface area contributed by atoms with Crippen LogP contribution in [0.5, 0.6) is 0 Å². The van der Waals surface area contributed by atoms with Crippen LogP contribution in [0.4, 0.5) is 5.69 Å². The zero-order valence-corrected chi connectivity index (χ0v) is 13.4. The van der Waals surface area contributed by atoms with Crippen LogP contribution in [0.2, 0.25) is 0 Å². The zero-order chi connectivity index (χ0) is 15.1. The number of aromatic nitrogens is 1. The van der Waals surface area contributed by atoms with E-state index in [1.165, 1.54) is 18.5 Å². The second-order valence-corrected chi connectivity index (χ2v) is 6.84. The van der Waals surface area contributed by atoms with E-state index in [2.05, 4.69) is 41.2 Å². The molecule has 1 aliphatic rings. The second kappa shape index (κ2) is 7.76. The Hall–Kier alpha value is -1.13. The summed E-state index contributed by atoms with van der Waals surface area (Å²) in [4.78, 5) is 6.52. The van der Waals surface area contributed by atoms with Crippen molar-refractivity contribution in [2.45, 2.75) is 45.6 Å². The molecular formula is C17H29N3O. The Labute approximate surface area is 128 Å². The largest absolute Gasteiger partial charge is 0.396 e. The summed E-state index contributed by atoms with van der Waals surface area (Å²) in [6.07, 6.45) is 8.09. The SMILES string of the molecule is CC(C)(CCCO)CNC1CCN(c2ccncc2)CC1. The van der Waals surface area contributed by atoms with E-state index in [9.17, 15) is 0 Å². The van der Waals surface area contributed by atoms with Crippen LogP contribution in [0, 0.1) is 5.41 Å². The predicted molar refractivity (Wildman–Crippen MR) is 87.6 cm³/mol. The molecule has 0 unspecified atom stereocenters. The average Bonchev–Trinajstić information content (AvgIpc) is 2.53. The minimum absolute atomic E-state index is 0.269. The fourth-order valence-electron chi connectivity index (χ4n) is 2.96. The van der Waals surface area contributed by atoms with Crippen LogP contribution in [0.25, 0.3) is 0 Å². The summed E-state index contributed by atoms with van der Waals surface area (Å²) in [5.74, 6) is 0. The first-order valence-electron chi connectivity index (χ1n) is 8.10. The molecule has 1 aromatic rings. The lowest BCUT2D eigenvalue weighted by Gasteiger charge is -2.36. The second-order valence-electron chi connectivity index (χ2n) is 6.84. The van der Waals surface area contributed by atoms with Gasteiger partial charge in [0, 0.05) is 50.4 Å². The van der Waals surface area contributed by atoms with Crippen LogP contribution in [-0.4, -0.2) is 42.4 Å². The highest BCUT2D eigenvalue weighted by atomic mass is 16.2. The smallest absolute Gasteiger partial charge is 0.0431 e. The van der Waals surface area contributed by atoms with Gasteiger partial charge >= 0.3 is 0 Å². The molecule has 0 saturated carbocycles. The Morgan fingerprint density at radius 2 is 1.95 bits per heavy atom. The Bertz CT molecular complexity index is 400. The minimum Gasteiger partial charge on any atom is -0.396 e. The molecule has 0 aliphatic carbocycles. The van der Waals surface area contributed by atoms with E-state index < -0.39 is 0 Å². The van der Waals surface area contributed by atoms with Gasteiger partial charge < -0.3 is 15.3 Å². The van der Waals surface area contributed by atoms with Crippen LogP contribution in [0.3, 0.4) is 0 Å². The third-order valence-electron chi connectivity index (χ3n) is 4.40. The zero-order valence-electron chi connectivity index (χ0n) is 13.4. The number of pyridine rings is 1. The van der Waals surface area contributed by atoms with Crippen LogP contribution in [0.15, 0.2) is 24.5 Å². The summed E-state index contributed by atoms with van der Waals surface area (Å²) in [5, 5.41) is 12.7. The number of hydrogen-bond acceptors (Lipinski definition) is 4. The molecule has 118 valence electrons. The molecule has 1 aliphatic heterocycles. The standard InChI is InChI=1S/C17H29N3O/c1-17(2,8-3-13-21)14-19-15-6-11-20(12-7-15)16-4-9-18-10-5-16/h4-5,9-10,15,19,21H,3,6-8,11-14H2,1-2H3. The van der Waals surface area contributed by atoms with Crippen molar-refractivity contribution in [1.29, 1.82) is 0 Å². The lowest BCUT2D eigenvalue weighted by molar-refractivity contribution is 0.228. The van der Waals surface area contributed by atoms with Gasteiger partial charge in [0.25, 0.3) is 0 Å². The molecule has 0 spiro atoms. The first kappa shape index (κ1) is 16.2. The minimum atomic E-state index is 0.269. The van der Waals surface area contributed by atoms with Crippen molar-refractivity contribution in [2.24, 2.45) is 5.41 Å². The van der Waals surface area contributed by atoms with Crippen molar-refractivity contribution in [1.82, 2.24) is 10.3 Å². The molecule has 4 nitrogen and oxygen atoms in total. The fraction of sp³-hybridized carbons (Fsp3) is 0.706. The van der Waals surface area contributed by atoms with Crippen molar-refractivity contribution in [2.75, 3.05) is 31.1 Å². The van der Waals surface area contributed by atoms with Crippen LogP contribution in [0.1, 0.15) is 39.5 Å². The summed E-state index contributed by atoms with van der Waals surface area (Å²) >= 11 is 0. The number of nitrogens with zero attached hydrogens (tertiary/aromatic N) is 2.